The molecule has 3 aromatic rings. The number of aryl methyl sites for hydroxylation is 1. The monoisotopic (exact) mass is 416 g/mol. The van der Waals surface area contributed by atoms with Crippen LogP contribution in [0.4, 0.5) is 5.69 Å². The molecule has 0 radical (unpaired) electrons. The Morgan fingerprint density at radius 1 is 1.10 bits per heavy atom. The largest absolute Gasteiger partial charge is 0.331 e. The van der Waals surface area contributed by atoms with Crippen LogP contribution in [0.15, 0.2) is 60.9 Å². The van der Waals surface area contributed by atoms with Gasteiger partial charge in [0.1, 0.15) is 0 Å². The summed E-state index contributed by atoms with van der Waals surface area (Å²) >= 11 is 0. The summed E-state index contributed by atoms with van der Waals surface area (Å²) in [7, 11) is 0. The smallest absolute Gasteiger partial charge is 0.224 e. The van der Waals surface area contributed by atoms with Crippen molar-refractivity contribution < 1.29 is 4.79 Å². The second kappa shape index (κ2) is 10.4. The first-order valence-electron chi connectivity index (χ1n) is 11.4. The third-order valence-electron chi connectivity index (χ3n) is 5.94. The lowest BCUT2D eigenvalue weighted by molar-refractivity contribution is -0.116. The highest BCUT2D eigenvalue weighted by atomic mass is 16.1. The molecule has 1 N–H and O–H groups in total. The summed E-state index contributed by atoms with van der Waals surface area (Å²) in [4.78, 5) is 18.9. The van der Waals surface area contributed by atoms with Gasteiger partial charge in [0.2, 0.25) is 5.91 Å². The van der Waals surface area contributed by atoms with Crippen molar-refractivity contribution >= 4 is 28.2 Å². The van der Waals surface area contributed by atoms with Gasteiger partial charge in [-0.25, -0.2) is 4.98 Å². The normalized spacial score (nSPS) is 14.5. The molecule has 1 amide bonds. The van der Waals surface area contributed by atoms with Gasteiger partial charge in [0, 0.05) is 31.7 Å². The van der Waals surface area contributed by atoms with Gasteiger partial charge in [-0.3, -0.25) is 9.69 Å². The van der Waals surface area contributed by atoms with Crippen molar-refractivity contribution in [1.29, 1.82) is 0 Å². The minimum absolute atomic E-state index is 0.0599. The predicted octanol–water partition coefficient (Wildman–Crippen LogP) is 5.34. The summed E-state index contributed by atoms with van der Waals surface area (Å²) in [6, 6.07) is 16.7. The molecule has 0 bridgehead atoms. The Bertz CT molecular complexity index is 1040. The summed E-state index contributed by atoms with van der Waals surface area (Å²) in [5.74, 6) is 0.0599. The minimum atomic E-state index is 0.0599. The van der Waals surface area contributed by atoms with E-state index in [1.54, 1.807) is 0 Å². The number of unbranched alkanes of at least 4 members (excludes halogenated alkanes) is 1. The van der Waals surface area contributed by atoms with Crippen LogP contribution < -0.4 is 5.32 Å². The van der Waals surface area contributed by atoms with Crippen LogP contribution in [0, 0.1) is 0 Å². The Labute approximate surface area is 184 Å². The molecule has 162 valence electrons. The zero-order valence-corrected chi connectivity index (χ0v) is 18.4. The van der Waals surface area contributed by atoms with Crippen molar-refractivity contribution in [2.75, 3.05) is 25.0 Å². The quantitative estimate of drug-likeness (QED) is 0.479. The van der Waals surface area contributed by atoms with Crippen molar-refractivity contribution in [2.24, 2.45) is 0 Å². The SMILES string of the molecule is CCCC(=O)Nc1ccc2c(c1)ncn2CCCCN1CC=C(c2ccccc2)CC1. The van der Waals surface area contributed by atoms with Crippen LogP contribution >= 0.6 is 0 Å². The van der Waals surface area contributed by atoms with Gasteiger partial charge in [0.05, 0.1) is 17.4 Å². The van der Waals surface area contributed by atoms with Gasteiger partial charge in [-0.2, -0.15) is 0 Å². The van der Waals surface area contributed by atoms with Crippen molar-refractivity contribution in [3.8, 4) is 0 Å². The van der Waals surface area contributed by atoms with E-state index in [0.29, 0.717) is 6.42 Å². The molecule has 0 saturated carbocycles. The molecule has 0 spiro atoms. The molecular formula is C26H32N4O. The molecule has 0 fully saturated rings. The van der Waals surface area contributed by atoms with Crippen molar-refractivity contribution in [2.45, 2.75) is 45.6 Å². The third kappa shape index (κ3) is 5.61. The first kappa shape index (κ1) is 21.3. The topological polar surface area (TPSA) is 50.2 Å². The molecule has 2 heterocycles. The van der Waals surface area contributed by atoms with Crippen LogP contribution in [0.25, 0.3) is 16.6 Å². The molecule has 31 heavy (non-hydrogen) atoms. The molecule has 5 nitrogen and oxygen atoms in total. The zero-order valence-electron chi connectivity index (χ0n) is 18.4. The molecule has 0 aliphatic carbocycles. The summed E-state index contributed by atoms with van der Waals surface area (Å²) in [6.07, 6.45) is 9.15. The van der Waals surface area contributed by atoms with E-state index < -0.39 is 0 Å². The number of imidazole rings is 1. The summed E-state index contributed by atoms with van der Waals surface area (Å²) < 4.78 is 2.22. The van der Waals surface area contributed by atoms with Gasteiger partial charge in [-0.15, -0.1) is 0 Å². The average molecular weight is 417 g/mol. The zero-order chi connectivity index (χ0) is 21.5. The third-order valence-corrected chi connectivity index (χ3v) is 5.94. The van der Waals surface area contributed by atoms with Crippen molar-refractivity contribution in [1.82, 2.24) is 14.5 Å². The van der Waals surface area contributed by atoms with E-state index in [2.05, 4.69) is 62.2 Å². The fourth-order valence-corrected chi connectivity index (χ4v) is 4.22. The molecule has 4 rings (SSSR count). The number of hydrogen-bond acceptors (Lipinski definition) is 3. The second-order valence-corrected chi connectivity index (χ2v) is 8.29. The van der Waals surface area contributed by atoms with E-state index >= 15 is 0 Å². The maximum atomic E-state index is 11.8. The van der Waals surface area contributed by atoms with Gasteiger partial charge in [-0.05, 0) is 61.6 Å². The van der Waals surface area contributed by atoms with E-state index in [0.717, 1.165) is 62.2 Å². The van der Waals surface area contributed by atoms with Gasteiger partial charge in [0.15, 0.2) is 0 Å². The summed E-state index contributed by atoms with van der Waals surface area (Å²) in [5, 5.41) is 2.95. The van der Waals surface area contributed by atoms with E-state index in [9.17, 15) is 4.79 Å². The number of benzene rings is 2. The predicted molar refractivity (Wildman–Crippen MR) is 128 cm³/mol. The van der Waals surface area contributed by atoms with Gasteiger partial charge < -0.3 is 9.88 Å². The van der Waals surface area contributed by atoms with Gasteiger partial charge in [0.25, 0.3) is 0 Å². The lowest BCUT2D eigenvalue weighted by Gasteiger charge is -2.26. The highest BCUT2D eigenvalue weighted by Gasteiger charge is 2.12. The fourth-order valence-electron chi connectivity index (χ4n) is 4.22. The van der Waals surface area contributed by atoms with E-state index in [4.69, 9.17) is 0 Å². The molecule has 0 saturated heterocycles. The number of nitrogens with zero attached hydrogens (tertiary/aromatic N) is 3. The van der Waals surface area contributed by atoms with E-state index in [1.165, 1.54) is 17.6 Å². The maximum absolute atomic E-state index is 11.8. The van der Waals surface area contributed by atoms with Crippen LogP contribution in [0.2, 0.25) is 0 Å². The molecular weight excluding hydrogens is 384 g/mol. The summed E-state index contributed by atoms with van der Waals surface area (Å²) in [5.41, 5.74) is 5.73. The Hall–Kier alpha value is -2.92. The standard InChI is InChI=1S/C26H32N4O/c1-2-8-26(31)28-23-11-12-25-24(19-23)27-20-30(25)16-7-6-15-29-17-13-22(14-18-29)21-9-4-3-5-10-21/h3-5,9-13,19-20H,2,6-8,14-18H2,1H3,(H,28,31). The number of aromatic nitrogens is 2. The molecule has 0 atom stereocenters. The van der Waals surface area contributed by atoms with Gasteiger partial charge in [-0.1, -0.05) is 43.3 Å². The fraction of sp³-hybridized carbons (Fsp3) is 0.385. The highest BCUT2D eigenvalue weighted by molar-refractivity contribution is 5.93. The van der Waals surface area contributed by atoms with E-state index in [1.807, 2.05) is 25.4 Å². The Morgan fingerprint density at radius 2 is 1.94 bits per heavy atom. The number of anilines is 1. The Balaban J connectivity index is 1.24. The lowest BCUT2D eigenvalue weighted by atomic mass is 9.99. The lowest BCUT2D eigenvalue weighted by Crippen LogP contribution is -2.29. The average Bonchev–Trinajstić information content (AvgIpc) is 3.20. The number of amides is 1. The molecule has 0 unspecified atom stereocenters. The highest BCUT2D eigenvalue weighted by Crippen LogP contribution is 2.22. The van der Waals surface area contributed by atoms with Crippen LogP contribution in [-0.2, 0) is 11.3 Å². The first-order chi connectivity index (χ1) is 15.2. The van der Waals surface area contributed by atoms with Crippen molar-refractivity contribution in [3.05, 3.63) is 66.5 Å². The number of fused-ring (bicyclic) bond motifs is 1. The number of carbonyl (C=O) groups excluding carboxylic acids is 1. The molecule has 2 aromatic carbocycles. The second-order valence-electron chi connectivity index (χ2n) is 8.29. The number of carbonyl (C=O) groups is 1. The van der Waals surface area contributed by atoms with Crippen LogP contribution in [0.1, 0.15) is 44.6 Å². The molecule has 1 aliphatic rings. The van der Waals surface area contributed by atoms with Crippen LogP contribution in [0.5, 0.6) is 0 Å². The van der Waals surface area contributed by atoms with E-state index in [-0.39, 0.29) is 5.91 Å². The van der Waals surface area contributed by atoms with Crippen LogP contribution in [0.3, 0.4) is 0 Å². The minimum Gasteiger partial charge on any atom is -0.331 e. The molecule has 1 aliphatic heterocycles. The Kier molecular flexibility index (Phi) is 7.15. The molecule has 5 heteroatoms. The number of nitrogens with one attached hydrogen (secondary N) is 1. The van der Waals surface area contributed by atoms with Crippen molar-refractivity contribution in [3.63, 3.8) is 0 Å². The Morgan fingerprint density at radius 3 is 2.71 bits per heavy atom. The number of hydrogen-bond donors (Lipinski definition) is 1. The first-order valence-corrected chi connectivity index (χ1v) is 11.4. The maximum Gasteiger partial charge on any atom is 0.224 e. The summed E-state index contributed by atoms with van der Waals surface area (Å²) in [6.45, 7) is 6.30. The van der Waals surface area contributed by atoms with Crippen LogP contribution in [-0.4, -0.2) is 40.0 Å². The number of rotatable bonds is 9. The van der Waals surface area contributed by atoms with Gasteiger partial charge >= 0.3 is 0 Å². The molecule has 1 aromatic heterocycles.